The molecule has 26 heavy (non-hydrogen) atoms. The summed E-state index contributed by atoms with van der Waals surface area (Å²) < 4.78 is 4.99. The summed E-state index contributed by atoms with van der Waals surface area (Å²) in [6.45, 7) is 5.95. The zero-order chi connectivity index (χ0) is 19.2. The molecule has 1 aromatic rings. The largest absolute Gasteiger partial charge is 0.466 e. The van der Waals surface area contributed by atoms with Crippen LogP contribution >= 0.6 is 23.2 Å². The molecule has 0 saturated carbocycles. The van der Waals surface area contributed by atoms with E-state index in [0.717, 1.165) is 12.1 Å². The molecular formula is C20H21Cl2NO3. The Labute approximate surface area is 163 Å². The van der Waals surface area contributed by atoms with Crippen LogP contribution in [0.4, 0.5) is 0 Å². The summed E-state index contributed by atoms with van der Waals surface area (Å²) in [6, 6.07) is 5.11. The van der Waals surface area contributed by atoms with E-state index in [9.17, 15) is 9.59 Å². The fourth-order valence-electron chi connectivity index (χ4n) is 3.86. The smallest absolute Gasteiger partial charge is 0.336 e. The molecule has 0 saturated heterocycles. The van der Waals surface area contributed by atoms with Gasteiger partial charge in [-0.05, 0) is 36.5 Å². The maximum atomic E-state index is 13.0. The Balaban J connectivity index is 2.24. The lowest BCUT2D eigenvalue weighted by Gasteiger charge is -2.39. The lowest BCUT2D eigenvalue weighted by atomic mass is 9.68. The number of halogens is 2. The Morgan fingerprint density at radius 1 is 1.27 bits per heavy atom. The van der Waals surface area contributed by atoms with Crippen molar-refractivity contribution in [2.45, 2.75) is 39.5 Å². The number of hydrogen-bond acceptors (Lipinski definition) is 4. The average molecular weight is 394 g/mol. The third-order valence-electron chi connectivity index (χ3n) is 4.92. The first-order valence-corrected chi connectivity index (χ1v) is 9.17. The van der Waals surface area contributed by atoms with Crippen LogP contribution in [-0.4, -0.2) is 18.9 Å². The summed E-state index contributed by atoms with van der Waals surface area (Å²) in [5.41, 5.74) is 3.07. The van der Waals surface area contributed by atoms with Crippen LogP contribution in [0.25, 0.3) is 0 Å². The molecule has 1 aliphatic heterocycles. The van der Waals surface area contributed by atoms with Gasteiger partial charge in [-0.2, -0.15) is 0 Å². The summed E-state index contributed by atoms with van der Waals surface area (Å²) >= 11 is 12.5. The van der Waals surface area contributed by atoms with Gasteiger partial charge in [-0.3, -0.25) is 4.79 Å². The number of rotatable bonds is 2. The van der Waals surface area contributed by atoms with Crippen LogP contribution in [0, 0.1) is 5.41 Å². The molecule has 0 radical (unpaired) electrons. The van der Waals surface area contributed by atoms with E-state index < -0.39 is 11.9 Å². The highest BCUT2D eigenvalue weighted by Crippen LogP contribution is 2.48. The highest BCUT2D eigenvalue weighted by molar-refractivity contribution is 6.35. The normalized spacial score (nSPS) is 22.1. The second kappa shape index (κ2) is 6.75. The molecular weight excluding hydrogens is 373 g/mol. The number of carbonyl (C=O) groups excluding carboxylic acids is 2. The molecule has 2 aliphatic rings. The summed E-state index contributed by atoms with van der Waals surface area (Å²) in [4.78, 5) is 25.6. The van der Waals surface area contributed by atoms with Crippen molar-refractivity contribution in [2.75, 3.05) is 7.11 Å². The van der Waals surface area contributed by atoms with E-state index in [1.807, 2.05) is 6.92 Å². The van der Waals surface area contributed by atoms with Gasteiger partial charge in [0.25, 0.3) is 0 Å². The number of esters is 1. The number of nitrogens with one attached hydrogen (secondary N) is 1. The monoisotopic (exact) mass is 393 g/mol. The van der Waals surface area contributed by atoms with Crippen molar-refractivity contribution in [3.63, 3.8) is 0 Å². The second-order valence-electron chi connectivity index (χ2n) is 7.59. The first-order valence-electron chi connectivity index (χ1n) is 8.42. The Kier molecular flexibility index (Phi) is 4.93. The van der Waals surface area contributed by atoms with Crippen molar-refractivity contribution in [3.05, 3.63) is 56.3 Å². The molecule has 0 fully saturated rings. The van der Waals surface area contributed by atoms with Gasteiger partial charge < -0.3 is 10.1 Å². The number of hydrogen-bond donors (Lipinski definition) is 1. The van der Waals surface area contributed by atoms with Crippen LogP contribution in [0.1, 0.15) is 45.1 Å². The van der Waals surface area contributed by atoms with Crippen LogP contribution < -0.4 is 5.32 Å². The fourth-order valence-corrected chi connectivity index (χ4v) is 4.38. The van der Waals surface area contributed by atoms with Crippen molar-refractivity contribution in [1.82, 2.24) is 5.32 Å². The lowest BCUT2D eigenvalue weighted by Crippen LogP contribution is -2.38. The number of ether oxygens (including phenoxy) is 1. The van der Waals surface area contributed by atoms with E-state index in [4.69, 9.17) is 27.9 Å². The molecule has 138 valence electrons. The molecule has 4 nitrogen and oxygen atoms in total. The third-order valence-corrected chi connectivity index (χ3v) is 5.48. The highest BCUT2D eigenvalue weighted by atomic mass is 35.5. The Morgan fingerprint density at radius 2 is 1.96 bits per heavy atom. The molecule has 3 rings (SSSR count). The minimum Gasteiger partial charge on any atom is -0.466 e. The molecule has 1 heterocycles. The van der Waals surface area contributed by atoms with Gasteiger partial charge in [0.15, 0.2) is 5.78 Å². The maximum absolute atomic E-state index is 13.0. The number of carbonyl (C=O) groups is 2. The van der Waals surface area contributed by atoms with Crippen LogP contribution in [-0.2, 0) is 14.3 Å². The number of Topliss-reactive ketones (excluding diaryl/α,β-unsaturated/α-hetero) is 1. The van der Waals surface area contributed by atoms with Gasteiger partial charge in [0.1, 0.15) is 0 Å². The maximum Gasteiger partial charge on any atom is 0.336 e. The van der Waals surface area contributed by atoms with Gasteiger partial charge >= 0.3 is 5.97 Å². The van der Waals surface area contributed by atoms with Gasteiger partial charge in [-0.1, -0.05) is 43.1 Å². The Bertz CT molecular complexity index is 868. The van der Waals surface area contributed by atoms with Crippen LogP contribution in [0.15, 0.2) is 40.7 Å². The zero-order valence-corrected chi connectivity index (χ0v) is 16.7. The average Bonchev–Trinajstić information content (AvgIpc) is 2.51. The molecule has 1 atom stereocenters. The minimum atomic E-state index is -0.563. The summed E-state index contributed by atoms with van der Waals surface area (Å²) in [7, 11) is 1.33. The first kappa shape index (κ1) is 19.0. The predicted molar refractivity (Wildman–Crippen MR) is 102 cm³/mol. The Hall–Kier alpha value is -1.78. The predicted octanol–water partition coefficient (Wildman–Crippen LogP) is 4.77. The summed E-state index contributed by atoms with van der Waals surface area (Å²) in [6.07, 6.45) is 1.14. The number of ketones is 1. The number of dihydropyridines is 1. The van der Waals surface area contributed by atoms with Gasteiger partial charge in [-0.25, -0.2) is 4.79 Å². The van der Waals surface area contributed by atoms with E-state index in [-0.39, 0.29) is 11.2 Å². The Morgan fingerprint density at radius 3 is 2.58 bits per heavy atom. The van der Waals surface area contributed by atoms with Crippen LogP contribution in [0.5, 0.6) is 0 Å². The molecule has 0 amide bonds. The molecule has 0 bridgehead atoms. The van der Waals surface area contributed by atoms with Crippen molar-refractivity contribution < 1.29 is 14.3 Å². The zero-order valence-electron chi connectivity index (χ0n) is 15.2. The quantitative estimate of drug-likeness (QED) is 0.735. The van der Waals surface area contributed by atoms with Gasteiger partial charge in [0, 0.05) is 39.4 Å². The number of allylic oxidation sites excluding steroid dienone is 3. The van der Waals surface area contributed by atoms with E-state index in [0.29, 0.717) is 38.9 Å². The minimum absolute atomic E-state index is 0.0219. The van der Waals surface area contributed by atoms with Gasteiger partial charge in [-0.15, -0.1) is 0 Å². The van der Waals surface area contributed by atoms with Crippen molar-refractivity contribution >= 4 is 35.0 Å². The SMILES string of the molecule is COC(=O)C1=C(C)NC2=C(C(=O)CC(C)(C)C2)C1c1ccc(Cl)cc1Cl. The van der Waals surface area contributed by atoms with E-state index in [1.165, 1.54) is 7.11 Å². The van der Waals surface area contributed by atoms with Crippen LogP contribution in [0.2, 0.25) is 10.0 Å². The van der Waals surface area contributed by atoms with Crippen molar-refractivity contribution in [3.8, 4) is 0 Å². The molecule has 1 unspecified atom stereocenters. The van der Waals surface area contributed by atoms with E-state index >= 15 is 0 Å². The fraction of sp³-hybridized carbons (Fsp3) is 0.400. The lowest BCUT2D eigenvalue weighted by molar-refractivity contribution is -0.136. The molecule has 1 aliphatic carbocycles. The molecule has 1 N–H and O–H groups in total. The van der Waals surface area contributed by atoms with E-state index in [1.54, 1.807) is 18.2 Å². The molecule has 0 spiro atoms. The first-order chi connectivity index (χ1) is 12.1. The summed E-state index contributed by atoms with van der Waals surface area (Å²) in [5, 5.41) is 4.19. The van der Waals surface area contributed by atoms with E-state index in [2.05, 4.69) is 19.2 Å². The van der Waals surface area contributed by atoms with Crippen molar-refractivity contribution in [1.29, 1.82) is 0 Å². The standard InChI is InChI=1S/C20H21Cl2NO3/c1-10-16(19(25)26-4)17(12-6-5-11(21)7-13(12)22)18-14(23-10)8-20(2,3)9-15(18)24/h5-7,17,23H,8-9H2,1-4H3. The third kappa shape index (κ3) is 3.28. The van der Waals surface area contributed by atoms with Crippen LogP contribution in [0.3, 0.4) is 0 Å². The van der Waals surface area contributed by atoms with Gasteiger partial charge in [0.05, 0.1) is 12.7 Å². The van der Waals surface area contributed by atoms with Gasteiger partial charge in [0.2, 0.25) is 0 Å². The second-order valence-corrected chi connectivity index (χ2v) is 8.43. The molecule has 1 aromatic carbocycles. The topological polar surface area (TPSA) is 55.4 Å². The molecule has 6 heteroatoms. The summed E-state index contributed by atoms with van der Waals surface area (Å²) in [5.74, 6) is -1.02. The van der Waals surface area contributed by atoms with Crippen molar-refractivity contribution in [2.24, 2.45) is 5.41 Å². The highest BCUT2D eigenvalue weighted by Gasteiger charge is 2.43. The number of methoxy groups -OCH3 is 1. The molecule has 0 aromatic heterocycles. The number of benzene rings is 1.